The zero-order valence-electron chi connectivity index (χ0n) is 8.98. The molecule has 0 bridgehead atoms. The third-order valence-electron chi connectivity index (χ3n) is 3.40. The molecule has 17 heavy (non-hydrogen) atoms. The lowest BCUT2D eigenvalue weighted by molar-refractivity contribution is -0.140. The molecular formula is C13H10FNO2. The number of carboxylic acid groups (broad SMARTS) is 1. The molecule has 3 rings (SSSR count). The fourth-order valence-corrected chi connectivity index (χ4v) is 2.28. The van der Waals surface area contributed by atoms with Crippen molar-refractivity contribution in [1.82, 2.24) is 4.98 Å². The number of hydrogen-bond acceptors (Lipinski definition) is 2. The van der Waals surface area contributed by atoms with Crippen LogP contribution in [0, 0.1) is 5.82 Å². The summed E-state index contributed by atoms with van der Waals surface area (Å²) in [7, 11) is 0. The van der Waals surface area contributed by atoms with E-state index in [1.165, 1.54) is 12.3 Å². The SMILES string of the molecule is O=C(O)C1(c2ccc(F)c3ncccc23)CC1. The Morgan fingerprint density at radius 2 is 2.12 bits per heavy atom. The Balaban J connectivity index is 2.32. The van der Waals surface area contributed by atoms with Crippen molar-refractivity contribution in [2.45, 2.75) is 18.3 Å². The van der Waals surface area contributed by atoms with Crippen LogP contribution >= 0.6 is 0 Å². The molecule has 0 amide bonds. The lowest BCUT2D eigenvalue weighted by Crippen LogP contribution is -2.20. The molecular weight excluding hydrogens is 221 g/mol. The van der Waals surface area contributed by atoms with Gasteiger partial charge in [0.25, 0.3) is 0 Å². The van der Waals surface area contributed by atoms with Gasteiger partial charge in [-0.1, -0.05) is 12.1 Å². The zero-order valence-corrected chi connectivity index (χ0v) is 8.98. The maximum atomic E-state index is 13.6. The first-order valence-electron chi connectivity index (χ1n) is 5.42. The van der Waals surface area contributed by atoms with E-state index in [-0.39, 0.29) is 5.52 Å². The summed E-state index contributed by atoms with van der Waals surface area (Å²) in [6.45, 7) is 0. The molecule has 0 saturated heterocycles. The van der Waals surface area contributed by atoms with Gasteiger partial charge in [-0.05, 0) is 30.5 Å². The Labute approximate surface area is 96.9 Å². The first-order valence-corrected chi connectivity index (χ1v) is 5.42. The fraction of sp³-hybridized carbons (Fsp3) is 0.231. The Morgan fingerprint density at radius 1 is 1.35 bits per heavy atom. The smallest absolute Gasteiger partial charge is 0.314 e. The quantitative estimate of drug-likeness (QED) is 0.863. The van der Waals surface area contributed by atoms with E-state index in [9.17, 15) is 14.3 Å². The Hall–Kier alpha value is -1.97. The van der Waals surface area contributed by atoms with Crippen LogP contribution in [0.5, 0.6) is 0 Å². The number of aliphatic carboxylic acids is 1. The summed E-state index contributed by atoms with van der Waals surface area (Å²) in [5.74, 6) is -1.25. The Morgan fingerprint density at radius 3 is 2.76 bits per heavy atom. The standard InChI is InChI=1S/C13H10FNO2/c14-10-4-3-9(13(5-6-13)12(16)17)8-2-1-7-15-11(8)10/h1-4,7H,5-6H2,(H,16,17). The number of rotatable bonds is 2. The number of nitrogens with zero attached hydrogens (tertiary/aromatic N) is 1. The molecule has 1 fully saturated rings. The van der Waals surface area contributed by atoms with E-state index < -0.39 is 17.2 Å². The fourth-order valence-electron chi connectivity index (χ4n) is 2.28. The van der Waals surface area contributed by atoms with E-state index >= 15 is 0 Å². The Bertz CT molecular complexity index is 620. The van der Waals surface area contributed by atoms with E-state index in [1.54, 1.807) is 18.2 Å². The normalized spacial score (nSPS) is 17.0. The van der Waals surface area contributed by atoms with Gasteiger partial charge in [0.1, 0.15) is 11.3 Å². The molecule has 1 aromatic heterocycles. The molecule has 1 N–H and O–H groups in total. The summed E-state index contributed by atoms with van der Waals surface area (Å²) < 4.78 is 13.6. The molecule has 0 spiro atoms. The Kier molecular flexibility index (Phi) is 1.96. The first-order chi connectivity index (χ1) is 8.15. The summed E-state index contributed by atoms with van der Waals surface area (Å²) in [4.78, 5) is 15.3. The second-order valence-corrected chi connectivity index (χ2v) is 4.38. The summed E-state index contributed by atoms with van der Waals surface area (Å²) >= 11 is 0. The van der Waals surface area contributed by atoms with Crippen LogP contribution in [0.4, 0.5) is 4.39 Å². The van der Waals surface area contributed by atoms with E-state index in [0.717, 1.165) is 0 Å². The van der Waals surface area contributed by atoms with Crippen molar-refractivity contribution < 1.29 is 14.3 Å². The monoisotopic (exact) mass is 231 g/mol. The van der Waals surface area contributed by atoms with Crippen LogP contribution in [0.25, 0.3) is 10.9 Å². The molecule has 1 heterocycles. The van der Waals surface area contributed by atoms with Gasteiger partial charge >= 0.3 is 5.97 Å². The van der Waals surface area contributed by atoms with Crippen LogP contribution in [0.1, 0.15) is 18.4 Å². The van der Waals surface area contributed by atoms with Gasteiger partial charge in [0, 0.05) is 11.6 Å². The van der Waals surface area contributed by atoms with Gasteiger partial charge in [-0.15, -0.1) is 0 Å². The van der Waals surface area contributed by atoms with Crippen LogP contribution in [0.15, 0.2) is 30.5 Å². The predicted octanol–water partition coefficient (Wildman–Crippen LogP) is 2.49. The molecule has 1 aliphatic carbocycles. The summed E-state index contributed by atoms with van der Waals surface area (Å²) in [5.41, 5.74) is 0.0988. The number of carbonyl (C=O) groups is 1. The van der Waals surface area contributed by atoms with Gasteiger partial charge in [0.05, 0.1) is 5.41 Å². The number of fused-ring (bicyclic) bond motifs is 1. The summed E-state index contributed by atoms with van der Waals surface area (Å²) in [6.07, 6.45) is 2.73. The highest BCUT2D eigenvalue weighted by Gasteiger charge is 2.52. The average Bonchev–Trinajstić information content (AvgIpc) is 3.11. The molecule has 0 atom stereocenters. The van der Waals surface area contributed by atoms with Gasteiger partial charge in [-0.25, -0.2) is 4.39 Å². The molecule has 1 saturated carbocycles. The maximum absolute atomic E-state index is 13.6. The molecule has 0 radical (unpaired) electrons. The van der Waals surface area contributed by atoms with Crippen molar-refractivity contribution in [3.8, 4) is 0 Å². The van der Waals surface area contributed by atoms with Crippen molar-refractivity contribution in [3.63, 3.8) is 0 Å². The molecule has 4 heteroatoms. The third-order valence-corrected chi connectivity index (χ3v) is 3.40. The zero-order chi connectivity index (χ0) is 12.0. The van der Waals surface area contributed by atoms with Crippen LogP contribution in [-0.2, 0) is 10.2 Å². The summed E-state index contributed by atoms with van der Waals surface area (Å²) in [5, 5.41) is 9.88. The topological polar surface area (TPSA) is 50.2 Å². The summed E-state index contributed by atoms with van der Waals surface area (Å²) in [6, 6.07) is 6.29. The average molecular weight is 231 g/mol. The largest absolute Gasteiger partial charge is 0.481 e. The molecule has 1 aliphatic rings. The van der Waals surface area contributed by atoms with Gasteiger partial charge in [0.2, 0.25) is 0 Å². The minimum atomic E-state index is -0.839. The molecule has 3 nitrogen and oxygen atoms in total. The highest BCUT2D eigenvalue weighted by atomic mass is 19.1. The van der Waals surface area contributed by atoms with Crippen LogP contribution in [-0.4, -0.2) is 16.1 Å². The van der Waals surface area contributed by atoms with Gasteiger partial charge in [-0.3, -0.25) is 9.78 Å². The number of carboxylic acids is 1. The van der Waals surface area contributed by atoms with E-state index in [0.29, 0.717) is 23.8 Å². The lowest BCUT2D eigenvalue weighted by atomic mass is 9.92. The molecule has 0 unspecified atom stereocenters. The number of pyridine rings is 1. The van der Waals surface area contributed by atoms with Crippen LogP contribution < -0.4 is 0 Å². The lowest BCUT2D eigenvalue weighted by Gasteiger charge is -2.13. The molecule has 0 aliphatic heterocycles. The number of benzene rings is 1. The number of hydrogen-bond donors (Lipinski definition) is 1. The van der Waals surface area contributed by atoms with Crippen molar-refractivity contribution in [1.29, 1.82) is 0 Å². The van der Waals surface area contributed by atoms with Gasteiger partial charge in [0.15, 0.2) is 0 Å². The van der Waals surface area contributed by atoms with Crippen molar-refractivity contribution in [2.75, 3.05) is 0 Å². The molecule has 2 aromatic rings. The van der Waals surface area contributed by atoms with Crippen molar-refractivity contribution >= 4 is 16.9 Å². The highest BCUT2D eigenvalue weighted by Crippen LogP contribution is 2.50. The minimum Gasteiger partial charge on any atom is -0.481 e. The van der Waals surface area contributed by atoms with Gasteiger partial charge in [-0.2, -0.15) is 0 Å². The number of aromatic nitrogens is 1. The maximum Gasteiger partial charge on any atom is 0.314 e. The van der Waals surface area contributed by atoms with E-state index in [2.05, 4.69) is 4.98 Å². The van der Waals surface area contributed by atoms with Crippen LogP contribution in [0.3, 0.4) is 0 Å². The predicted molar refractivity (Wildman–Crippen MR) is 60.2 cm³/mol. The van der Waals surface area contributed by atoms with Gasteiger partial charge < -0.3 is 5.11 Å². The van der Waals surface area contributed by atoms with E-state index in [1.807, 2.05) is 0 Å². The van der Waals surface area contributed by atoms with Crippen LogP contribution in [0.2, 0.25) is 0 Å². The van der Waals surface area contributed by atoms with E-state index in [4.69, 9.17) is 0 Å². The highest BCUT2D eigenvalue weighted by molar-refractivity contribution is 5.93. The second-order valence-electron chi connectivity index (χ2n) is 4.38. The van der Waals surface area contributed by atoms with Crippen molar-refractivity contribution in [2.24, 2.45) is 0 Å². The van der Waals surface area contributed by atoms with Crippen molar-refractivity contribution in [3.05, 3.63) is 41.8 Å². The minimum absolute atomic E-state index is 0.248. The second kappa shape index (κ2) is 3.26. The first kappa shape index (κ1) is 10.2. The third kappa shape index (κ3) is 1.33. The molecule has 1 aromatic carbocycles. The number of halogens is 1. The molecule has 86 valence electrons.